The van der Waals surface area contributed by atoms with Crippen molar-refractivity contribution < 1.29 is 14.6 Å². The SMILES string of the molecule is O=C(CSc1nn2c(SCC(=O)Nc3cccc[nH+]3)nnc2s1)Nc1ccccn1. The second-order valence-corrected chi connectivity index (χ2v) is 8.83. The molecule has 0 fully saturated rings. The van der Waals surface area contributed by atoms with Crippen LogP contribution in [0, 0.1) is 0 Å². The molecule has 10 nitrogen and oxygen atoms in total. The molecule has 2 amide bonds. The van der Waals surface area contributed by atoms with E-state index in [2.05, 4.69) is 35.9 Å². The van der Waals surface area contributed by atoms with E-state index in [1.54, 1.807) is 41.2 Å². The molecular weight excluding hydrogens is 444 g/mol. The highest BCUT2D eigenvalue weighted by molar-refractivity contribution is 8.01. The summed E-state index contributed by atoms with van der Waals surface area (Å²) >= 11 is 3.86. The van der Waals surface area contributed by atoms with Gasteiger partial charge in [0.1, 0.15) is 11.6 Å². The average molecular weight is 460 g/mol. The van der Waals surface area contributed by atoms with Crippen LogP contribution in [0.4, 0.5) is 11.6 Å². The lowest BCUT2D eigenvalue weighted by molar-refractivity contribution is -0.360. The summed E-state index contributed by atoms with van der Waals surface area (Å²) in [5.74, 6) is 1.13. The molecule has 13 heteroatoms. The molecule has 0 atom stereocenters. The molecule has 0 aliphatic heterocycles. The lowest BCUT2D eigenvalue weighted by atomic mass is 10.4. The highest BCUT2D eigenvalue weighted by Crippen LogP contribution is 2.27. The van der Waals surface area contributed by atoms with Gasteiger partial charge in [-0.1, -0.05) is 47.0 Å². The average Bonchev–Trinajstić information content (AvgIpc) is 3.33. The predicted octanol–water partition coefficient (Wildman–Crippen LogP) is 1.86. The van der Waals surface area contributed by atoms with E-state index in [1.807, 2.05) is 12.1 Å². The van der Waals surface area contributed by atoms with E-state index in [9.17, 15) is 9.59 Å². The van der Waals surface area contributed by atoms with Crippen molar-refractivity contribution in [3.63, 3.8) is 0 Å². The Bertz CT molecular complexity index is 1150. The van der Waals surface area contributed by atoms with Crippen LogP contribution in [0.5, 0.6) is 0 Å². The Morgan fingerprint density at radius 3 is 2.67 bits per heavy atom. The van der Waals surface area contributed by atoms with Gasteiger partial charge in [0.2, 0.25) is 16.0 Å². The lowest BCUT2D eigenvalue weighted by Gasteiger charge is -2.02. The summed E-state index contributed by atoms with van der Waals surface area (Å²) in [6.07, 6.45) is 3.35. The van der Waals surface area contributed by atoms with Crippen LogP contribution in [-0.4, -0.2) is 48.1 Å². The van der Waals surface area contributed by atoms with Crippen molar-refractivity contribution in [1.82, 2.24) is 24.8 Å². The number of carbonyl (C=O) groups is 2. The standard InChI is InChI=1S/C17H14N8O2S3/c26-13(20-11-5-1-3-7-18-11)9-28-15-22-23-16-25(15)24-17(30-16)29-10-14(27)21-12-6-2-4-8-19-12/h1-8H,9-10H2,(H,18,20,26)(H,19,21,27)/p+1. The number of anilines is 2. The quantitative estimate of drug-likeness (QED) is 0.382. The molecular formula is C17H15N8O2S3+. The van der Waals surface area contributed by atoms with Crippen molar-refractivity contribution in [2.24, 2.45) is 0 Å². The first-order valence-electron chi connectivity index (χ1n) is 8.63. The molecule has 0 unspecified atom stereocenters. The molecule has 4 rings (SSSR count). The minimum atomic E-state index is -0.173. The Balaban J connectivity index is 1.31. The summed E-state index contributed by atoms with van der Waals surface area (Å²) in [5.41, 5.74) is 0. The van der Waals surface area contributed by atoms with Gasteiger partial charge in [0.25, 0.3) is 5.82 Å². The van der Waals surface area contributed by atoms with Crippen LogP contribution in [0.1, 0.15) is 0 Å². The molecule has 4 heterocycles. The van der Waals surface area contributed by atoms with Crippen molar-refractivity contribution in [2.75, 3.05) is 22.1 Å². The number of hydrogen-bond acceptors (Lipinski definition) is 9. The molecule has 0 aliphatic carbocycles. The van der Waals surface area contributed by atoms with E-state index in [-0.39, 0.29) is 23.3 Å². The Labute approximate surface area is 182 Å². The molecule has 4 aromatic rings. The molecule has 4 aromatic heterocycles. The Morgan fingerprint density at radius 1 is 1.03 bits per heavy atom. The van der Waals surface area contributed by atoms with Gasteiger partial charge >= 0.3 is 5.91 Å². The van der Waals surface area contributed by atoms with E-state index in [1.165, 1.54) is 34.9 Å². The second-order valence-electron chi connectivity index (χ2n) is 5.71. The number of rotatable bonds is 8. The van der Waals surface area contributed by atoms with Crippen LogP contribution < -0.4 is 15.6 Å². The Morgan fingerprint density at radius 2 is 1.87 bits per heavy atom. The number of nitrogens with zero attached hydrogens (tertiary/aromatic N) is 5. The molecule has 3 N–H and O–H groups in total. The molecule has 0 radical (unpaired) electrons. The fourth-order valence-corrected chi connectivity index (χ4v) is 4.67. The maximum absolute atomic E-state index is 12.1. The fraction of sp³-hybridized carbons (Fsp3) is 0.118. The van der Waals surface area contributed by atoms with E-state index in [0.717, 1.165) is 0 Å². The fourth-order valence-electron chi connectivity index (χ4n) is 2.26. The predicted molar refractivity (Wildman–Crippen MR) is 115 cm³/mol. The van der Waals surface area contributed by atoms with Gasteiger partial charge in [0, 0.05) is 12.3 Å². The first-order valence-corrected chi connectivity index (χ1v) is 11.4. The van der Waals surface area contributed by atoms with Gasteiger partial charge in [-0.15, -0.1) is 15.3 Å². The monoisotopic (exact) mass is 459 g/mol. The summed E-state index contributed by atoms with van der Waals surface area (Å²) < 4.78 is 2.26. The molecule has 0 aromatic carbocycles. The van der Waals surface area contributed by atoms with Crippen LogP contribution >= 0.6 is 34.9 Å². The van der Waals surface area contributed by atoms with Crippen LogP contribution in [0.15, 0.2) is 58.3 Å². The summed E-state index contributed by atoms with van der Waals surface area (Å²) in [5, 5.41) is 18.6. The summed E-state index contributed by atoms with van der Waals surface area (Å²) in [6.45, 7) is 0. The van der Waals surface area contributed by atoms with Crippen molar-refractivity contribution in [3.05, 3.63) is 48.8 Å². The molecule has 152 valence electrons. The minimum absolute atomic E-state index is 0.163. The smallest absolute Gasteiger partial charge is 0.310 e. The number of fused-ring (bicyclic) bond motifs is 1. The maximum atomic E-state index is 12.1. The van der Waals surface area contributed by atoms with Crippen LogP contribution in [0.3, 0.4) is 0 Å². The molecule has 0 saturated carbocycles. The van der Waals surface area contributed by atoms with E-state index >= 15 is 0 Å². The normalized spacial score (nSPS) is 10.8. The Kier molecular flexibility index (Phi) is 6.51. The van der Waals surface area contributed by atoms with Gasteiger partial charge in [0.05, 0.1) is 11.9 Å². The van der Waals surface area contributed by atoms with Gasteiger partial charge < -0.3 is 5.32 Å². The van der Waals surface area contributed by atoms with Crippen molar-refractivity contribution >= 4 is 63.3 Å². The van der Waals surface area contributed by atoms with Crippen molar-refractivity contribution in [3.8, 4) is 0 Å². The van der Waals surface area contributed by atoms with Gasteiger partial charge in [-0.05, 0) is 18.2 Å². The van der Waals surface area contributed by atoms with Crippen molar-refractivity contribution in [1.29, 1.82) is 0 Å². The zero-order chi connectivity index (χ0) is 20.8. The van der Waals surface area contributed by atoms with Gasteiger partial charge in [-0.3, -0.25) is 4.79 Å². The van der Waals surface area contributed by atoms with Gasteiger partial charge in [0.15, 0.2) is 4.34 Å². The first-order chi connectivity index (χ1) is 14.7. The molecule has 30 heavy (non-hydrogen) atoms. The number of aromatic nitrogens is 6. The zero-order valence-corrected chi connectivity index (χ0v) is 17.8. The topological polar surface area (TPSA) is 128 Å². The summed E-state index contributed by atoms with van der Waals surface area (Å²) in [6, 6.07) is 10.7. The zero-order valence-electron chi connectivity index (χ0n) is 15.3. The molecule has 0 aliphatic rings. The second kappa shape index (κ2) is 9.65. The maximum Gasteiger partial charge on any atom is 0.317 e. The van der Waals surface area contributed by atoms with Gasteiger partial charge in [-0.2, -0.15) is 4.52 Å². The molecule has 0 bridgehead atoms. The third kappa shape index (κ3) is 5.31. The summed E-state index contributed by atoms with van der Waals surface area (Å²) in [4.78, 5) is 31.7. The number of H-pyrrole nitrogens is 1. The molecule has 0 saturated heterocycles. The van der Waals surface area contributed by atoms with E-state index < -0.39 is 0 Å². The largest absolute Gasteiger partial charge is 0.317 e. The molecule has 0 spiro atoms. The third-order valence-corrected chi connectivity index (χ3v) is 6.47. The number of carbonyl (C=O) groups excluding carboxylic acids is 2. The number of aromatic amines is 1. The van der Waals surface area contributed by atoms with Crippen molar-refractivity contribution in [2.45, 2.75) is 9.50 Å². The van der Waals surface area contributed by atoms with Crippen LogP contribution in [-0.2, 0) is 9.59 Å². The minimum Gasteiger partial charge on any atom is -0.310 e. The van der Waals surface area contributed by atoms with Crippen LogP contribution in [0.2, 0.25) is 0 Å². The summed E-state index contributed by atoms with van der Waals surface area (Å²) in [7, 11) is 0. The number of thioether (sulfide) groups is 2. The highest BCUT2D eigenvalue weighted by atomic mass is 32.2. The first kappa shape index (κ1) is 20.3. The Hall–Kier alpha value is -3.03. The highest BCUT2D eigenvalue weighted by Gasteiger charge is 2.17. The third-order valence-electron chi connectivity index (χ3n) is 3.52. The number of pyridine rings is 2. The van der Waals surface area contributed by atoms with E-state index in [0.29, 0.717) is 26.1 Å². The van der Waals surface area contributed by atoms with Crippen LogP contribution in [0.25, 0.3) is 4.96 Å². The lowest BCUT2D eigenvalue weighted by Crippen LogP contribution is -2.20. The number of hydrogen-bond donors (Lipinski definition) is 2. The number of amides is 2. The number of nitrogens with one attached hydrogen (secondary N) is 3. The van der Waals surface area contributed by atoms with E-state index in [4.69, 9.17) is 0 Å². The van der Waals surface area contributed by atoms with Gasteiger partial charge in [-0.25, -0.2) is 20.1 Å².